The summed E-state index contributed by atoms with van der Waals surface area (Å²) in [6.45, 7) is 0.135. The lowest BCUT2D eigenvalue weighted by atomic mass is 10.1. The van der Waals surface area contributed by atoms with Crippen molar-refractivity contribution >= 4 is 16.8 Å². The second-order valence-electron chi connectivity index (χ2n) is 5.24. The van der Waals surface area contributed by atoms with Gasteiger partial charge in [0.1, 0.15) is 5.69 Å². The number of nitrogens with zero attached hydrogens (tertiary/aromatic N) is 1. The van der Waals surface area contributed by atoms with Crippen LogP contribution in [0.25, 0.3) is 10.9 Å². The van der Waals surface area contributed by atoms with Gasteiger partial charge in [0, 0.05) is 17.4 Å². The van der Waals surface area contributed by atoms with E-state index in [4.69, 9.17) is 5.73 Å². The third-order valence-electron chi connectivity index (χ3n) is 3.66. The first kappa shape index (κ1) is 15.1. The zero-order valence-electron chi connectivity index (χ0n) is 12.0. The van der Waals surface area contributed by atoms with Crippen LogP contribution in [0.3, 0.4) is 0 Å². The molecule has 1 heterocycles. The molecule has 1 amide bonds. The lowest BCUT2D eigenvalue weighted by Gasteiger charge is -2.12. The predicted octanol–water partition coefficient (Wildman–Crippen LogP) is 3.81. The quantitative estimate of drug-likeness (QED) is 0.784. The molecule has 0 saturated heterocycles. The average molecular weight is 318 g/mol. The lowest BCUT2D eigenvalue weighted by molar-refractivity contribution is -0.137. The second-order valence-corrected chi connectivity index (χ2v) is 5.24. The lowest BCUT2D eigenvalue weighted by Crippen LogP contribution is -2.17. The fourth-order valence-corrected chi connectivity index (χ4v) is 2.61. The van der Waals surface area contributed by atoms with E-state index in [-0.39, 0.29) is 12.2 Å². The van der Waals surface area contributed by atoms with E-state index < -0.39 is 17.6 Å². The number of hydrogen-bond donors (Lipinski definition) is 1. The Labute approximate surface area is 130 Å². The summed E-state index contributed by atoms with van der Waals surface area (Å²) >= 11 is 0. The molecule has 0 unspecified atom stereocenters. The molecule has 0 radical (unpaired) electrons. The number of alkyl halides is 3. The molecule has 2 aromatic carbocycles. The van der Waals surface area contributed by atoms with Crippen molar-refractivity contribution in [3.05, 3.63) is 71.4 Å². The molecule has 23 heavy (non-hydrogen) atoms. The topological polar surface area (TPSA) is 48.0 Å². The molecule has 0 aliphatic heterocycles. The normalized spacial score (nSPS) is 11.8. The molecule has 0 saturated carbocycles. The number of aromatic nitrogens is 1. The first-order valence-corrected chi connectivity index (χ1v) is 6.90. The van der Waals surface area contributed by atoms with E-state index >= 15 is 0 Å². The minimum absolute atomic E-state index is 0.135. The molecule has 0 fully saturated rings. The highest BCUT2D eigenvalue weighted by Crippen LogP contribution is 2.30. The largest absolute Gasteiger partial charge is 0.416 e. The number of fused-ring (bicyclic) bond motifs is 1. The van der Waals surface area contributed by atoms with Crippen LogP contribution >= 0.6 is 0 Å². The van der Waals surface area contributed by atoms with Crippen molar-refractivity contribution in [1.29, 1.82) is 0 Å². The Bertz CT molecular complexity index is 881. The number of hydrogen-bond acceptors (Lipinski definition) is 1. The zero-order chi connectivity index (χ0) is 16.6. The van der Waals surface area contributed by atoms with Gasteiger partial charge in [-0.25, -0.2) is 0 Å². The Morgan fingerprint density at radius 3 is 2.48 bits per heavy atom. The molecular formula is C17H13F3N2O. The fourth-order valence-electron chi connectivity index (χ4n) is 2.61. The molecule has 0 atom stereocenters. The van der Waals surface area contributed by atoms with Crippen LogP contribution in [0.15, 0.2) is 54.6 Å². The van der Waals surface area contributed by atoms with Crippen molar-refractivity contribution in [2.75, 3.05) is 0 Å². The van der Waals surface area contributed by atoms with Crippen molar-refractivity contribution in [2.24, 2.45) is 5.73 Å². The minimum Gasteiger partial charge on any atom is -0.364 e. The van der Waals surface area contributed by atoms with Gasteiger partial charge in [0.05, 0.1) is 5.56 Å². The number of amides is 1. The molecule has 1 aromatic heterocycles. The van der Waals surface area contributed by atoms with Gasteiger partial charge in [-0.05, 0) is 29.8 Å². The first-order chi connectivity index (χ1) is 10.9. The van der Waals surface area contributed by atoms with Crippen LogP contribution in [0.1, 0.15) is 21.6 Å². The summed E-state index contributed by atoms with van der Waals surface area (Å²) in [6, 6.07) is 13.9. The summed E-state index contributed by atoms with van der Waals surface area (Å²) in [5.74, 6) is -0.617. The summed E-state index contributed by atoms with van der Waals surface area (Å²) in [7, 11) is 0. The molecular weight excluding hydrogens is 305 g/mol. The van der Waals surface area contributed by atoms with Gasteiger partial charge >= 0.3 is 6.18 Å². The van der Waals surface area contributed by atoms with E-state index in [0.717, 1.165) is 23.0 Å². The Balaban J connectivity index is 2.08. The van der Waals surface area contributed by atoms with Crippen molar-refractivity contribution in [1.82, 2.24) is 4.57 Å². The van der Waals surface area contributed by atoms with E-state index in [1.807, 2.05) is 12.1 Å². The molecule has 0 aliphatic rings. The monoisotopic (exact) mass is 318 g/mol. The van der Waals surface area contributed by atoms with E-state index in [1.54, 1.807) is 28.8 Å². The number of halogens is 3. The van der Waals surface area contributed by atoms with Crippen LogP contribution in [0.2, 0.25) is 0 Å². The molecule has 0 bridgehead atoms. The van der Waals surface area contributed by atoms with E-state index in [1.165, 1.54) is 6.07 Å². The Morgan fingerprint density at radius 2 is 1.78 bits per heavy atom. The van der Waals surface area contributed by atoms with Crippen LogP contribution in [0.5, 0.6) is 0 Å². The van der Waals surface area contributed by atoms with Gasteiger partial charge in [0.2, 0.25) is 0 Å². The second kappa shape index (κ2) is 5.46. The summed E-state index contributed by atoms with van der Waals surface area (Å²) in [4.78, 5) is 11.6. The summed E-state index contributed by atoms with van der Waals surface area (Å²) < 4.78 is 40.1. The maximum absolute atomic E-state index is 12.8. The summed E-state index contributed by atoms with van der Waals surface area (Å²) in [5.41, 5.74) is 6.14. The van der Waals surface area contributed by atoms with Gasteiger partial charge in [-0.1, -0.05) is 30.3 Å². The number of nitrogens with two attached hydrogens (primary N) is 1. The molecule has 3 rings (SSSR count). The van der Waals surface area contributed by atoms with Crippen LogP contribution < -0.4 is 5.73 Å². The van der Waals surface area contributed by atoms with Gasteiger partial charge in [0.25, 0.3) is 5.91 Å². The van der Waals surface area contributed by atoms with Gasteiger partial charge in [0.15, 0.2) is 0 Å². The number of benzene rings is 2. The van der Waals surface area contributed by atoms with E-state index in [9.17, 15) is 18.0 Å². The molecule has 0 spiro atoms. The molecule has 6 heteroatoms. The number of primary amides is 1. The third kappa shape index (κ3) is 2.92. The van der Waals surface area contributed by atoms with Crippen molar-refractivity contribution in [3.8, 4) is 0 Å². The number of rotatable bonds is 3. The Kier molecular flexibility index (Phi) is 3.60. The van der Waals surface area contributed by atoms with E-state index in [0.29, 0.717) is 5.56 Å². The van der Waals surface area contributed by atoms with E-state index in [2.05, 4.69) is 0 Å². The highest BCUT2D eigenvalue weighted by Gasteiger charge is 2.30. The van der Waals surface area contributed by atoms with Crippen molar-refractivity contribution in [3.63, 3.8) is 0 Å². The number of carbonyl (C=O) groups excluding carboxylic acids is 1. The fraction of sp³-hybridized carbons (Fsp3) is 0.118. The van der Waals surface area contributed by atoms with Gasteiger partial charge < -0.3 is 10.3 Å². The molecule has 3 aromatic rings. The van der Waals surface area contributed by atoms with Crippen molar-refractivity contribution in [2.45, 2.75) is 12.7 Å². The summed E-state index contributed by atoms with van der Waals surface area (Å²) in [5, 5.41) is 0.813. The Morgan fingerprint density at radius 1 is 1.04 bits per heavy atom. The Hall–Kier alpha value is -2.76. The molecule has 3 nitrogen and oxygen atoms in total. The van der Waals surface area contributed by atoms with Crippen LogP contribution in [0, 0.1) is 0 Å². The standard InChI is InChI=1S/C17H13F3N2O/c18-17(19,20)13-6-3-4-11(8-13)10-22-14-7-2-1-5-12(14)9-15(22)16(21)23/h1-9H,10H2,(H2,21,23). The SMILES string of the molecule is NC(=O)c1cc2ccccc2n1Cc1cccc(C(F)(F)F)c1. The number of para-hydroxylation sites is 1. The van der Waals surface area contributed by atoms with Gasteiger partial charge in [-0.15, -0.1) is 0 Å². The van der Waals surface area contributed by atoms with Crippen LogP contribution in [-0.4, -0.2) is 10.5 Å². The highest BCUT2D eigenvalue weighted by molar-refractivity contribution is 5.97. The maximum atomic E-state index is 12.8. The maximum Gasteiger partial charge on any atom is 0.416 e. The predicted molar refractivity (Wildman–Crippen MR) is 81.0 cm³/mol. The zero-order valence-corrected chi connectivity index (χ0v) is 12.0. The summed E-state index contributed by atoms with van der Waals surface area (Å²) in [6.07, 6.45) is -4.40. The smallest absolute Gasteiger partial charge is 0.364 e. The molecule has 2 N–H and O–H groups in total. The first-order valence-electron chi connectivity index (χ1n) is 6.90. The average Bonchev–Trinajstić information content (AvgIpc) is 2.86. The number of carbonyl (C=O) groups is 1. The highest BCUT2D eigenvalue weighted by atomic mass is 19.4. The van der Waals surface area contributed by atoms with Crippen molar-refractivity contribution < 1.29 is 18.0 Å². The van der Waals surface area contributed by atoms with Gasteiger partial charge in [-0.2, -0.15) is 13.2 Å². The van der Waals surface area contributed by atoms with Gasteiger partial charge in [-0.3, -0.25) is 4.79 Å². The molecule has 118 valence electrons. The van der Waals surface area contributed by atoms with Crippen LogP contribution in [-0.2, 0) is 12.7 Å². The third-order valence-corrected chi connectivity index (χ3v) is 3.66. The minimum atomic E-state index is -4.40. The van der Waals surface area contributed by atoms with Crippen LogP contribution in [0.4, 0.5) is 13.2 Å². The molecule has 0 aliphatic carbocycles.